The smallest absolute Gasteiger partial charge is 0.325 e. The third kappa shape index (κ3) is 4.95. The van der Waals surface area contributed by atoms with Gasteiger partial charge in [0.05, 0.1) is 12.8 Å². The number of ether oxygens (including phenoxy) is 1. The fraction of sp³-hybridized carbons (Fsp3) is 0.450. The van der Waals surface area contributed by atoms with Gasteiger partial charge in [-0.1, -0.05) is 26.0 Å². The Kier molecular flexibility index (Phi) is 6.24. The van der Waals surface area contributed by atoms with Crippen LogP contribution in [0.15, 0.2) is 42.9 Å². The van der Waals surface area contributed by atoms with E-state index in [0.717, 1.165) is 11.4 Å². The van der Waals surface area contributed by atoms with E-state index in [0.29, 0.717) is 44.5 Å². The normalized spacial score (nSPS) is 16.3. The van der Waals surface area contributed by atoms with Gasteiger partial charge < -0.3 is 14.7 Å². The maximum atomic E-state index is 12.0. The van der Waals surface area contributed by atoms with Crippen LogP contribution in [0.3, 0.4) is 0 Å². The lowest BCUT2D eigenvalue weighted by atomic mass is 10.0. The standard InChI is InChI=1S/C20H26N4O3/c1-15(2)14-27-17-5-3-4-16(12-17)19(20(25)26)24-10-8-23(9-11-24)18-13-21-6-7-22-18/h3-7,12-13,15,19H,8-11,14H2,1-2H3,(H,25,26). The Balaban J connectivity index is 1.70. The zero-order chi connectivity index (χ0) is 19.2. The van der Waals surface area contributed by atoms with Gasteiger partial charge in [-0.2, -0.15) is 0 Å². The van der Waals surface area contributed by atoms with E-state index in [2.05, 4.69) is 28.7 Å². The first kappa shape index (κ1) is 19.1. The summed E-state index contributed by atoms with van der Waals surface area (Å²) in [5.41, 5.74) is 0.747. The van der Waals surface area contributed by atoms with E-state index in [9.17, 15) is 9.90 Å². The van der Waals surface area contributed by atoms with Crippen LogP contribution < -0.4 is 9.64 Å². The topological polar surface area (TPSA) is 78.8 Å². The quantitative estimate of drug-likeness (QED) is 0.802. The van der Waals surface area contributed by atoms with Crippen molar-refractivity contribution in [3.63, 3.8) is 0 Å². The first-order valence-electron chi connectivity index (χ1n) is 9.25. The van der Waals surface area contributed by atoms with Crippen molar-refractivity contribution in [2.75, 3.05) is 37.7 Å². The van der Waals surface area contributed by atoms with Crippen LogP contribution in [0.2, 0.25) is 0 Å². The van der Waals surface area contributed by atoms with Crippen molar-refractivity contribution in [2.45, 2.75) is 19.9 Å². The Hall–Kier alpha value is -2.67. The molecule has 0 spiro atoms. The molecule has 3 rings (SSSR count). The number of rotatable bonds is 7. The highest BCUT2D eigenvalue weighted by atomic mass is 16.5. The van der Waals surface area contributed by atoms with E-state index in [1.807, 2.05) is 29.2 Å². The molecule has 7 nitrogen and oxygen atoms in total. The number of aromatic nitrogens is 2. The third-order valence-electron chi connectivity index (χ3n) is 4.54. The average molecular weight is 370 g/mol. The van der Waals surface area contributed by atoms with Crippen LogP contribution in [0.5, 0.6) is 5.75 Å². The van der Waals surface area contributed by atoms with Gasteiger partial charge in [-0.05, 0) is 23.6 Å². The molecule has 0 radical (unpaired) electrons. The second-order valence-electron chi connectivity index (χ2n) is 7.10. The molecule has 0 aliphatic carbocycles. The number of anilines is 1. The molecule has 2 aromatic rings. The molecule has 0 bridgehead atoms. The molecule has 1 aliphatic heterocycles. The van der Waals surface area contributed by atoms with Crippen LogP contribution in [0.25, 0.3) is 0 Å². The zero-order valence-corrected chi connectivity index (χ0v) is 15.8. The monoisotopic (exact) mass is 370 g/mol. The number of carbonyl (C=O) groups is 1. The number of piperazine rings is 1. The number of hydrogen-bond donors (Lipinski definition) is 1. The molecule has 1 unspecified atom stereocenters. The van der Waals surface area contributed by atoms with E-state index >= 15 is 0 Å². The Morgan fingerprint density at radius 3 is 2.63 bits per heavy atom. The van der Waals surface area contributed by atoms with Crippen LogP contribution in [0, 0.1) is 5.92 Å². The number of nitrogens with zero attached hydrogens (tertiary/aromatic N) is 4. The van der Waals surface area contributed by atoms with Gasteiger partial charge in [-0.25, -0.2) is 4.98 Å². The lowest BCUT2D eigenvalue weighted by molar-refractivity contribution is -0.143. The number of carboxylic acids is 1. The van der Waals surface area contributed by atoms with Gasteiger partial charge in [0.15, 0.2) is 0 Å². The van der Waals surface area contributed by atoms with Crippen molar-refractivity contribution in [1.82, 2.24) is 14.9 Å². The largest absolute Gasteiger partial charge is 0.493 e. The van der Waals surface area contributed by atoms with Gasteiger partial charge in [-0.3, -0.25) is 14.7 Å². The molecular weight excluding hydrogens is 344 g/mol. The number of hydrogen-bond acceptors (Lipinski definition) is 6. The molecule has 7 heteroatoms. The highest BCUT2D eigenvalue weighted by Crippen LogP contribution is 2.27. The molecule has 1 atom stereocenters. The van der Waals surface area contributed by atoms with E-state index in [-0.39, 0.29) is 0 Å². The van der Waals surface area contributed by atoms with Crippen LogP contribution in [0.1, 0.15) is 25.5 Å². The third-order valence-corrected chi connectivity index (χ3v) is 4.54. The maximum absolute atomic E-state index is 12.0. The highest BCUT2D eigenvalue weighted by molar-refractivity contribution is 5.75. The first-order chi connectivity index (χ1) is 13.0. The Morgan fingerprint density at radius 1 is 1.22 bits per heavy atom. The molecule has 0 saturated carbocycles. The molecule has 1 N–H and O–H groups in total. The summed E-state index contributed by atoms with van der Waals surface area (Å²) < 4.78 is 5.77. The fourth-order valence-corrected chi connectivity index (χ4v) is 3.21. The van der Waals surface area contributed by atoms with Crippen molar-refractivity contribution in [2.24, 2.45) is 5.92 Å². The molecule has 1 aliphatic rings. The molecule has 1 aromatic heterocycles. The van der Waals surface area contributed by atoms with Crippen molar-refractivity contribution >= 4 is 11.8 Å². The number of aliphatic carboxylic acids is 1. The molecule has 1 aromatic carbocycles. The lowest BCUT2D eigenvalue weighted by Gasteiger charge is -2.38. The predicted molar refractivity (Wildman–Crippen MR) is 103 cm³/mol. The molecule has 2 heterocycles. The highest BCUT2D eigenvalue weighted by Gasteiger charge is 2.31. The van der Waals surface area contributed by atoms with Gasteiger partial charge >= 0.3 is 5.97 Å². The molecule has 144 valence electrons. The summed E-state index contributed by atoms with van der Waals surface area (Å²) >= 11 is 0. The minimum absolute atomic E-state index is 0.415. The SMILES string of the molecule is CC(C)COc1cccc(C(C(=O)O)N2CCN(c3cnccn3)CC2)c1. The summed E-state index contributed by atoms with van der Waals surface area (Å²) in [7, 11) is 0. The summed E-state index contributed by atoms with van der Waals surface area (Å²) in [4.78, 5) is 24.6. The first-order valence-corrected chi connectivity index (χ1v) is 9.25. The predicted octanol–water partition coefficient (Wildman–Crippen LogP) is 2.46. The summed E-state index contributed by atoms with van der Waals surface area (Å²) in [6.45, 7) is 7.49. The minimum atomic E-state index is -0.844. The maximum Gasteiger partial charge on any atom is 0.325 e. The number of carboxylic acid groups (broad SMARTS) is 1. The van der Waals surface area contributed by atoms with Gasteiger partial charge in [0.1, 0.15) is 17.6 Å². The fourth-order valence-electron chi connectivity index (χ4n) is 3.21. The summed E-state index contributed by atoms with van der Waals surface area (Å²) in [6, 6.07) is 6.75. The van der Waals surface area contributed by atoms with E-state index < -0.39 is 12.0 Å². The van der Waals surface area contributed by atoms with E-state index in [1.165, 1.54) is 0 Å². The molecule has 1 fully saturated rings. The second kappa shape index (κ2) is 8.81. The van der Waals surface area contributed by atoms with Crippen LogP contribution in [-0.4, -0.2) is 58.7 Å². The lowest BCUT2D eigenvalue weighted by Crippen LogP contribution is -2.49. The van der Waals surface area contributed by atoms with Crippen molar-refractivity contribution in [3.8, 4) is 5.75 Å². The summed E-state index contributed by atoms with van der Waals surface area (Å²) in [5, 5.41) is 9.85. The minimum Gasteiger partial charge on any atom is -0.493 e. The van der Waals surface area contributed by atoms with Crippen molar-refractivity contribution in [1.29, 1.82) is 0 Å². The van der Waals surface area contributed by atoms with E-state index in [4.69, 9.17) is 4.74 Å². The van der Waals surface area contributed by atoms with E-state index in [1.54, 1.807) is 18.6 Å². The van der Waals surface area contributed by atoms with Crippen LogP contribution in [-0.2, 0) is 4.79 Å². The summed E-state index contributed by atoms with van der Waals surface area (Å²) in [5.74, 6) is 1.11. The van der Waals surface area contributed by atoms with Gasteiger partial charge in [0, 0.05) is 38.6 Å². The average Bonchev–Trinajstić information content (AvgIpc) is 2.68. The Morgan fingerprint density at radius 2 is 2.00 bits per heavy atom. The van der Waals surface area contributed by atoms with Crippen molar-refractivity contribution in [3.05, 3.63) is 48.4 Å². The van der Waals surface area contributed by atoms with Crippen LogP contribution >= 0.6 is 0 Å². The Labute approximate surface area is 159 Å². The van der Waals surface area contributed by atoms with Crippen molar-refractivity contribution < 1.29 is 14.6 Å². The molecule has 0 amide bonds. The van der Waals surface area contributed by atoms with Gasteiger partial charge in [0.25, 0.3) is 0 Å². The zero-order valence-electron chi connectivity index (χ0n) is 15.8. The van der Waals surface area contributed by atoms with Gasteiger partial charge in [0.2, 0.25) is 0 Å². The van der Waals surface area contributed by atoms with Crippen LogP contribution in [0.4, 0.5) is 5.82 Å². The van der Waals surface area contributed by atoms with Gasteiger partial charge in [-0.15, -0.1) is 0 Å². The molecule has 27 heavy (non-hydrogen) atoms. The second-order valence-corrected chi connectivity index (χ2v) is 7.10. The number of benzene rings is 1. The Bertz CT molecular complexity index is 746. The summed E-state index contributed by atoms with van der Waals surface area (Å²) in [6.07, 6.45) is 5.05. The molecular formula is C20H26N4O3. The molecule has 1 saturated heterocycles.